The molecule has 1 fully saturated rings. The summed E-state index contributed by atoms with van der Waals surface area (Å²) in [4.78, 5) is 48.2. The van der Waals surface area contributed by atoms with Crippen LogP contribution >= 0.6 is 11.3 Å². The van der Waals surface area contributed by atoms with E-state index in [2.05, 4.69) is 4.98 Å². The normalized spacial score (nSPS) is 13.8. The highest BCUT2D eigenvalue weighted by molar-refractivity contribution is 7.12. The molecule has 0 atom stereocenters. The Balaban J connectivity index is 1.43. The lowest BCUT2D eigenvalue weighted by atomic mass is 9.92. The number of hydrogen-bond acceptors (Lipinski definition) is 9. The number of hydrogen-bond donors (Lipinski definition) is 1. The first-order chi connectivity index (χ1) is 17.4. The number of carboxylic acid groups (broad SMARTS) is 1. The number of nitrogens with zero attached hydrogens (tertiary/aromatic N) is 4. The van der Waals surface area contributed by atoms with Gasteiger partial charge in [-0.1, -0.05) is 0 Å². The Morgan fingerprint density at radius 3 is 2.67 bits per heavy atom. The van der Waals surface area contributed by atoms with E-state index in [9.17, 15) is 19.5 Å². The Bertz CT molecular complexity index is 1280. The topological polar surface area (TPSA) is 124 Å². The van der Waals surface area contributed by atoms with Crippen LogP contribution in [0.25, 0.3) is 16.2 Å². The lowest BCUT2D eigenvalue weighted by molar-refractivity contribution is -0.123. The van der Waals surface area contributed by atoms with Crippen LogP contribution in [0.1, 0.15) is 41.6 Å². The molecule has 1 aliphatic rings. The van der Waals surface area contributed by atoms with Gasteiger partial charge in [-0.05, 0) is 37.8 Å². The molecule has 0 bridgehead atoms. The van der Waals surface area contributed by atoms with Gasteiger partial charge in [0.25, 0.3) is 0 Å². The fraction of sp³-hybridized carbons (Fsp3) is 0.480. The maximum absolute atomic E-state index is 12.9. The number of carbonyl (C=O) groups excluding carboxylic acids is 1. The Morgan fingerprint density at radius 2 is 1.97 bits per heavy atom. The molecule has 0 amide bonds. The molecule has 0 spiro atoms. The second-order valence-electron chi connectivity index (χ2n) is 8.84. The molecule has 0 saturated carbocycles. The Labute approximate surface area is 212 Å². The molecule has 3 aromatic rings. The fourth-order valence-corrected chi connectivity index (χ4v) is 4.87. The molecule has 4 heterocycles. The standard InChI is InChI=1S/C25H30N4O6S/c1-16-12-20(28-13-17(14-28)19(30)6-3-4-9-35-10-5-8-34-2)27-23-21(16)22(31)18(24(32)33)15-29(23)25-26-7-11-36-25/h7,11-12,15,17H,3-6,8-10,13-14H2,1-2H3,(H,32,33). The minimum Gasteiger partial charge on any atom is -0.477 e. The zero-order valence-corrected chi connectivity index (χ0v) is 21.3. The second kappa shape index (κ2) is 11.7. The van der Waals surface area contributed by atoms with E-state index in [1.54, 1.807) is 36.2 Å². The van der Waals surface area contributed by atoms with Crippen LogP contribution in [0.4, 0.5) is 5.82 Å². The molecule has 0 aliphatic carbocycles. The van der Waals surface area contributed by atoms with Crippen molar-refractivity contribution in [3.63, 3.8) is 0 Å². The summed E-state index contributed by atoms with van der Waals surface area (Å²) in [6.07, 6.45) is 5.96. The molecule has 36 heavy (non-hydrogen) atoms. The lowest BCUT2D eigenvalue weighted by Gasteiger charge is -2.39. The van der Waals surface area contributed by atoms with E-state index in [-0.39, 0.29) is 22.7 Å². The van der Waals surface area contributed by atoms with Gasteiger partial charge < -0.3 is 19.5 Å². The number of ether oxygens (including phenoxy) is 2. The summed E-state index contributed by atoms with van der Waals surface area (Å²) >= 11 is 1.32. The van der Waals surface area contributed by atoms with Gasteiger partial charge in [0.2, 0.25) is 5.43 Å². The van der Waals surface area contributed by atoms with Gasteiger partial charge in [-0.3, -0.25) is 14.2 Å². The lowest BCUT2D eigenvalue weighted by Crippen LogP contribution is -2.50. The summed E-state index contributed by atoms with van der Waals surface area (Å²) in [6, 6.07) is 1.78. The van der Waals surface area contributed by atoms with Crippen LogP contribution in [0.5, 0.6) is 0 Å². The monoisotopic (exact) mass is 514 g/mol. The molecular weight excluding hydrogens is 484 g/mol. The van der Waals surface area contributed by atoms with Crippen molar-refractivity contribution < 1.29 is 24.2 Å². The van der Waals surface area contributed by atoms with Crippen molar-refractivity contribution in [1.82, 2.24) is 14.5 Å². The number of methoxy groups -OCH3 is 1. The number of thiazole rings is 1. The van der Waals surface area contributed by atoms with E-state index in [1.165, 1.54) is 17.5 Å². The predicted octanol–water partition coefficient (Wildman–Crippen LogP) is 3.08. The van der Waals surface area contributed by atoms with Crippen LogP contribution in [-0.2, 0) is 14.3 Å². The van der Waals surface area contributed by atoms with E-state index >= 15 is 0 Å². The highest BCUT2D eigenvalue weighted by Crippen LogP contribution is 2.29. The summed E-state index contributed by atoms with van der Waals surface area (Å²) in [5.41, 5.74) is 0.0930. The molecule has 1 N–H and O–H groups in total. The number of aromatic carboxylic acids is 1. The Hall–Kier alpha value is -3.15. The van der Waals surface area contributed by atoms with Crippen molar-refractivity contribution in [1.29, 1.82) is 0 Å². The van der Waals surface area contributed by atoms with Gasteiger partial charge in [0.15, 0.2) is 10.8 Å². The molecule has 0 unspecified atom stereocenters. The van der Waals surface area contributed by atoms with Gasteiger partial charge in [-0.25, -0.2) is 14.8 Å². The van der Waals surface area contributed by atoms with Gasteiger partial charge >= 0.3 is 5.97 Å². The minimum absolute atomic E-state index is 0.0408. The number of unbranched alkanes of at least 4 members (excludes halogenated alkanes) is 1. The highest BCUT2D eigenvalue weighted by atomic mass is 32.1. The molecule has 192 valence electrons. The van der Waals surface area contributed by atoms with Gasteiger partial charge in [0.1, 0.15) is 17.2 Å². The number of carboxylic acids is 1. The highest BCUT2D eigenvalue weighted by Gasteiger charge is 2.33. The zero-order valence-electron chi connectivity index (χ0n) is 20.4. The number of ketones is 1. The van der Waals surface area contributed by atoms with E-state index in [4.69, 9.17) is 14.5 Å². The maximum Gasteiger partial charge on any atom is 0.341 e. The number of aryl methyl sites for hydroxylation is 1. The van der Waals surface area contributed by atoms with E-state index in [0.29, 0.717) is 61.5 Å². The van der Waals surface area contributed by atoms with Crippen molar-refractivity contribution in [3.05, 3.63) is 45.2 Å². The van der Waals surface area contributed by atoms with E-state index in [1.807, 2.05) is 4.90 Å². The smallest absolute Gasteiger partial charge is 0.341 e. The molecular formula is C25H30N4O6S. The van der Waals surface area contributed by atoms with Crippen molar-refractivity contribution in [3.8, 4) is 5.13 Å². The van der Waals surface area contributed by atoms with Gasteiger partial charge in [0.05, 0.1) is 11.3 Å². The van der Waals surface area contributed by atoms with Crippen LogP contribution in [0.2, 0.25) is 0 Å². The summed E-state index contributed by atoms with van der Waals surface area (Å²) < 4.78 is 12.1. The molecule has 11 heteroatoms. The van der Waals surface area contributed by atoms with E-state index < -0.39 is 11.4 Å². The predicted molar refractivity (Wildman–Crippen MR) is 137 cm³/mol. The maximum atomic E-state index is 12.9. The number of pyridine rings is 2. The third kappa shape index (κ3) is 5.63. The molecule has 0 aromatic carbocycles. The van der Waals surface area contributed by atoms with Crippen LogP contribution in [-0.4, -0.2) is 71.4 Å². The third-order valence-corrected chi connectivity index (χ3v) is 7.03. The number of carbonyl (C=O) groups is 2. The SMILES string of the molecule is COCCCOCCCCC(=O)C1CN(c2cc(C)c3c(=O)c(C(=O)O)cn(-c4nccs4)c3n2)C1. The number of anilines is 1. The van der Waals surface area contributed by atoms with Crippen molar-refractivity contribution in [2.75, 3.05) is 44.9 Å². The Kier molecular flexibility index (Phi) is 8.44. The van der Waals surface area contributed by atoms with Crippen molar-refractivity contribution in [2.24, 2.45) is 5.92 Å². The van der Waals surface area contributed by atoms with Gasteiger partial charge in [-0.2, -0.15) is 0 Å². The number of aromatic nitrogens is 3. The van der Waals surface area contributed by atoms with Crippen molar-refractivity contribution in [2.45, 2.75) is 32.6 Å². The fourth-order valence-electron chi connectivity index (χ4n) is 4.26. The molecule has 1 aliphatic heterocycles. The van der Waals surface area contributed by atoms with Gasteiger partial charge in [-0.15, -0.1) is 11.3 Å². The average Bonchev–Trinajstić information content (AvgIpc) is 3.34. The number of Topliss-reactive ketones (excluding diaryl/α,β-unsaturated/α-hetero) is 1. The number of fused-ring (bicyclic) bond motifs is 1. The summed E-state index contributed by atoms with van der Waals surface area (Å²) in [5, 5.41) is 12.1. The molecule has 3 aromatic heterocycles. The largest absolute Gasteiger partial charge is 0.477 e. The van der Waals surface area contributed by atoms with E-state index in [0.717, 1.165) is 19.3 Å². The average molecular weight is 515 g/mol. The first kappa shape index (κ1) is 25.9. The first-order valence-electron chi connectivity index (χ1n) is 11.9. The molecule has 10 nitrogen and oxygen atoms in total. The minimum atomic E-state index is -1.29. The van der Waals surface area contributed by atoms with Gasteiger partial charge in [0, 0.05) is 64.2 Å². The number of rotatable bonds is 13. The summed E-state index contributed by atoms with van der Waals surface area (Å²) in [5.74, 6) is -0.436. The van der Waals surface area contributed by atoms with Crippen LogP contribution in [0.15, 0.2) is 28.6 Å². The van der Waals surface area contributed by atoms with Crippen molar-refractivity contribution >= 4 is 39.9 Å². The van der Waals surface area contributed by atoms with Crippen LogP contribution < -0.4 is 10.3 Å². The second-order valence-corrected chi connectivity index (χ2v) is 9.71. The Morgan fingerprint density at radius 1 is 1.19 bits per heavy atom. The van der Waals surface area contributed by atoms with Crippen LogP contribution in [0.3, 0.4) is 0 Å². The summed E-state index contributed by atoms with van der Waals surface area (Å²) in [7, 11) is 1.67. The van der Waals surface area contributed by atoms with Crippen LogP contribution in [0, 0.1) is 12.8 Å². The summed E-state index contributed by atoms with van der Waals surface area (Å²) in [6.45, 7) is 4.92. The molecule has 4 rings (SSSR count). The molecule has 0 radical (unpaired) electrons. The zero-order chi connectivity index (χ0) is 25.7. The quantitative estimate of drug-likeness (QED) is 0.343. The third-order valence-electron chi connectivity index (χ3n) is 6.26. The first-order valence-corrected chi connectivity index (χ1v) is 12.8. The molecule has 1 saturated heterocycles.